The molecular weight excluding hydrogens is 326 g/mol. The molecule has 128 valence electrons. The van der Waals surface area contributed by atoms with Crippen LogP contribution in [0.3, 0.4) is 0 Å². The van der Waals surface area contributed by atoms with Crippen molar-refractivity contribution in [2.75, 3.05) is 5.32 Å². The zero-order valence-electron chi connectivity index (χ0n) is 13.2. The van der Waals surface area contributed by atoms with Crippen molar-refractivity contribution in [2.24, 2.45) is 0 Å². The lowest BCUT2D eigenvalue weighted by molar-refractivity contribution is -0.259. The maximum atomic E-state index is 11.6. The molecule has 0 aliphatic rings. The lowest BCUT2D eigenvalue weighted by Crippen LogP contribution is -2.30. The zero-order chi connectivity index (χ0) is 18.6. The van der Waals surface area contributed by atoms with Crippen LogP contribution >= 0.6 is 0 Å². The number of carboxylic acids is 2. The first-order chi connectivity index (χ1) is 11.8. The van der Waals surface area contributed by atoms with E-state index in [0.29, 0.717) is 17.0 Å². The van der Waals surface area contributed by atoms with E-state index >= 15 is 0 Å². The molecule has 0 spiro atoms. The Morgan fingerprint density at radius 2 is 1.60 bits per heavy atom. The number of benzene rings is 2. The van der Waals surface area contributed by atoms with Crippen molar-refractivity contribution in [1.82, 2.24) is 0 Å². The molecule has 0 aromatic heterocycles. The third-order valence-electron chi connectivity index (χ3n) is 3.15. The van der Waals surface area contributed by atoms with Crippen LogP contribution in [0.1, 0.15) is 27.6 Å². The molecule has 0 saturated heterocycles. The van der Waals surface area contributed by atoms with E-state index in [1.807, 2.05) is 0 Å². The number of rotatable bonds is 6. The Hall–Kier alpha value is -3.61. The number of hydrogen-bond donors (Lipinski definition) is 1. The van der Waals surface area contributed by atoms with Gasteiger partial charge in [0.15, 0.2) is 0 Å². The SMILES string of the molecule is C=C(C)C(=O)Nc1cccc(Oc2ccc(C(=O)[O-])c(C(=O)[O-])c2)c1. The van der Waals surface area contributed by atoms with Gasteiger partial charge in [0.25, 0.3) is 5.91 Å². The summed E-state index contributed by atoms with van der Waals surface area (Å²) in [6.07, 6.45) is 0. The Balaban J connectivity index is 2.26. The lowest BCUT2D eigenvalue weighted by atomic mass is 10.1. The lowest BCUT2D eigenvalue weighted by Gasteiger charge is -2.14. The predicted octanol–water partition coefficient (Wildman–Crippen LogP) is 0.720. The fourth-order valence-corrected chi connectivity index (χ4v) is 1.94. The van der Waals surface area contributed by atoms with Crippen molar-refractivity contribution in [2.45, 2.75) is 6.92 Å². The van der Waals surface area contributed by atoms with Crippen LogP contribution in [0.5, 0.6) is 11.5 Å². The second-order valence-electron chi connectivity index (χ2n) is 5.15. The van der Waals surface area contributed by atoms with Crippen LogP contribution in [0, 0.1) is 0 Å². The Kier molecular flexibility index (Phi) is 5.18. The standard InChI is InChI=1S/C18H15NO6/c1-10(2)16(20)19-11-4-3-5-12(8-11)25-13-6-7-14(17(21)22)15(9-13)18(23)24/h3-9H,1H2,2H3,(H,19,20)(H,21,22)(H,23,24)/p-2. The summed E-state index contributed by atoms with van der Waals surface area (Å²) in [5.41, 5.74) is -0.265. The highest BCUT2D eigenvalue weighted by Crippen LogP contribution is 2.26. The van der Waals surface area contributed by atoms with Crippen molar-refractivity contribution >= 4 is 23.5 Å². The second kappa shape index (κ2) is 7.31. The molecule has 0 atom stereocenters. The van der Waals surface area contributed by atoms with Gasteiger partial charge in [0, 0.05) is 28.5 Å². The second-order valence-corrected chi connectivity index (χ2v) is 5.15. The zero-order valence-corrected chi connectivity index (χ0v) is 13.2. The van der Waals surface area contributed by atoms with E-state index in [1.165, 1.54) is 12.1 Å². The van der Waals surface area contributed by atoms with Crippen LogP contribution in [-0.2, 0) is 4.79 Å². The average Bonchev–Trinajstić information content (AvgIpc) is 2.54. The number of anilines is 1. The highest BCUT2D eigenvalue weighted by atomic mass is 16.5. The third-order valence-corrected chi connectivity index (χ3v) is 3.15. The molecule has 0 bridgehead atoms. The van der Waals surface area contributed by atoms with Gasteiger partial charge in [0.2, 0.25) is 0 Å². The Morgan fingerprint density at radius 1 is 0.960 bits per heavy atom. The highest BCUT2D eigenvalue weighted by molar-refractivity contribution is 6.03. The number of aromatic carboxylic acids is 2. The molecular formula is C18H13NO6-2. The van der Waals surface area contributed by atoms with E-state index in [0.717, 1.165) is 12.1 Å². The summed E-state index contributed by atoms with van der Waals surface area (Å²) >= 11 is 0. The van der Waals surface area contributed by atoms with Gasteiger partial charge in [-0.25, -0.2) is 0 Å². The molecule has 0 aliphatic heterocycles. The molecule has 1 N–H and O–H groups in total. The molecule has 7 heteroatoms. The normalized spacial score (nSPS) is 9.96. The van der Waals surface area contributed by atoms with E-state index in [-0.39, 0.29) is 11.7 Å². The minimum atomic E-state index is -1.66. The van der Waals surface area contributed by atoms with Crippen molar-refractivity contribution < 1.29 is 29.3 Å². The van der Waals surface area contributed by atoms with Crippen LogP contribution in [-0.4, -0.2) is 17.8 Å². The highest BCUT2D eigenvalue weighted by Gasteiger charge is 2.09. The minimum Gasteiger partial charge on any atom is -0.545 e. The molecule has 0 saturated carbocycles. The Bertz CT molecular complexity index is 872. The molecule has 0 unspecified atom stereocenters. The number of ether oxygens (including phenoxy) is 1. The van der Waals surface area contributed by atoms with E-state index in [2.05, 4.69) is 11.9 Å². The summed E-state index contributed by atoms with van der Waals surface area (Å²) in [6.45, 7) is 5.10. The summed E-state index contributed by atoms with van der Waals surface area (Å²) in [5.74, 6) is -3.24. The average molecular weight is 339 g/mol. The monoisotopic (exact) mass is 339 g/mol. The topological polar surface area (TPSA) is 119 Å². The minimum absolute atomic E-state index is 0.0903. The first kappa shape index (κ1) is 17.7. The van der Waals surface area contributed by atoms with Gasteiger partial charge < -0.3 is 29.9 Å². The molecule has 0 radical (unpaired) electrons. The van der Waals surface area contributed by atoms with Crippen LogP contribution in [0.25, 0.3) is 0 Å². The summed E-state index contributed by atoms with van der Waals surface area (Å²) in [5, 5.41) is 24.6. The quantitative estimate of drug-likeness (QED) is 0.775. The number of carbonyl (C=O) groups excluding carboxylic acids is 3. The largest absolute Gasteiger partial charge is 0.545 e. The van der Waals surface area contributed by atoms with Gasteiger partial charge in [-0.3, -0.25) is 4.79 Å². The number of carbonyl (C=O) groups is 3. The first-order valence-electron chi connectivity index (χ1n) is 7.09. The molecule has 7 nitrogen and oxygen atoms in total. The fourth-order valence-electron chi connectivity index (χ4n) is 1.94. The van der Waals surface area contributed by atoms with E-state index < -0.39 is 23.1 Å². The summed E-state index contributed by atoms with van der Waals surface area (Å²) in [4.78, 5) is 33.6. The smallest absolute Gasteiger partial charge is 0.250 e. The number of carboxylic acid groups (broad SMARTS) is 2. The molecule has 0 aliphatic carbocycles. The van der Waals surface area contributed by atoms with Crippen molar-refractivity contribution in [3.63, 3.8) is 0 Å². The van der Waals surface area contributed by atoms with Crippen molar-refractivity contribution in [3.05, 3.63) is 65.7 Å². The van der Waals surface area contributed by atoms with E-state index in [4.69, 9.17) is 4.74 Å². The third kappa shape index (κ3) is 4.44. The van der Waals surface area contributed by atoms with Gasteiger partial charge in [-0.05, 0) is 37.3 Å². The number of nitrogens with one attached hydrogen (secondary N) is 1. The van der Waals surface area contributed by atoms with Gasteiger partial charge in [-0.15, -0.1) is 0 Å². The van der Waals surface area contributed by atoms with E-state index in [1.54, 1.807) is 25.1 Å². The maximum Gasteiger partial charge on any atom is 0.250 e. The van der Waals surface area contributed by atoms with Crippen LogP contribution in [0.2, 0.25) is 0 Å². The maximum absolute atomic E-state index is 11.6. The Labute approximate surface area is 143 Å². The van der Waals surface area contributed by atoms with Gasteiger partial charge in [-0.1, -0.05) is 12.6 Å². The number of amides is 1. The van der Waals surface area contributed by atoms with Crippen LogP contribution < -0.4 is 20.3 Å². The summed E-state index contributed by atoms with van der Waals surface area (Å²) in [7, 11) is 0. The molecule has 2 rings (SSSR count). The van der Waals surface area contributed by atoms with Gasteiger partial charge in [0.1, 0.15) is 11.5 Å². The number of hydrogen-bond acceptors (Lipinski definition) is 6. The fraction of sp³-hybridized carbons (Fsp3) is 0.0556. The predicted molar refractivity (Wildman–Crippen MR) is 85.1 cm³/mol. The van der Waals surface area contributed by atoms with Crippen LogP contribution in [0.15, 0.2) is 54.6 Å². The first-order valence-corrected chi connectivity index (χ1v) is 7.09. The van der Waals surface area contributed by atoms with Crippen molar-refractivity contribution in [1.29, 1.82) is 0 Å². The van der Waals surface area contributed by atoms with Crippen LogP contribution in [0.4, 0.5) is 5.69 Å². The van der Waals surface area contributed by atoms with Gasteiger partial charge >= 0.3 is 0 Å². The summed E-state index contributed by atoms with van der Waals surface area (Å²) < 4.78 is 5.51. The van der Waals surface area contributed by atoms with Gasteiger partial charge in [-0.2, -0.15) is 0 Å². The Morgan fingerprint density at radius 3 is 2.20 bits per heavy atom. The molecule has 1 amide bonds. The van der Waals surface area contributed by atoms with Gasteiger partial charge in [0.05, 0.1) is 11.9 Å². The molecule has 0 heterocycles. The molecule has 2 aromatic rings. The molecule has 2 aromatic carbocycles. The molecule has 0 fully saturated rings. The van der Waals surface area contributed by atoms with E-state index in [9.17, 15) is 24.6 Å². The summed E-state index contributed by atoms with van der Waals surface area (Å²) in [6, 6.07) is 9.74. The molecule has 25 heavy (non-hydrogen) atoms. The van der Waals surface area contributed by atoms with Crippen molar-refractivity contribution in [3.8, 4) is 11.5 Å².